The van der Waals surface area contributed by atoms with Crippen LogP contribution in [0.4, 0.5) is 5.69 Å². The van der Waals surface area contributed by atoms with Gasteiger partial charge in [-0.15, -0.1) is 24.9 Å². The van der Waals surface area contributed by atoms with E-state index < -0.39 is 28.7 Å². The van der Waals surface area contributed by atoms with Crippen molar-refractivity contribution in [3.8, 4) is 0 Å². The van der Waals surface area contributed by atoms with Crippen LogP contribution in [-0.2, 0) is 14.4 Å². The molecule has 3 heterocycles. The number of carbonyl (C=O) groups is 3. The molecule has 2 aromatic rings. The highest BCUT2D eigenvalue weighted by molar-refractivity contribution is 9.09. The molecule has 2 aromatic carbocycles. The Hall–Kier alpha value is -2.59. The summed E-state index contributed by atoms with van der Waals surface area (Å²) in [5, 5.41) is 11.1. The van der Waals surface area contributed by atoms with Crippen molar-refractivity contribution in [2.24, 2.45) is 11.8 Å². The Morgan fingerprint density at radius 1 is 1.15 bits per heavy atom. The second-order valence-electron chi connectivity index (χ2n) is 10.7. The van der Waals surface area contributed by atoms with Crippen molar-refractivity contribution in [2.45, 2.75) is 33.3 Å². The van der Waals surface area contributed by atoms with Crippen LogP contribution in [0.3, 0.4) is 0 Å². The first kappa shape index (κ1) is 29.9. The molecule has 3 saturated heterocycles. The fourth-order valence-corrected chi connectivity index (χ4v) is 10.5. The lowest BCUT2D eigenvalue weighted by Gasteiger charge is -2.40. The number of halogens is 2. The first-order chi connectivity index (χ1) is 19.7. The Bertz CT molecular complexity index is 1340. The summed E-state index contributed by atoms with van der Waals surface area (Å²) in [5.41, 5.74) is 1.35. The molecule has 10 heteroatoms. The number of likely N-dealkylation sites (tertiary alicyclic amines) is 1. The van der Waals surface area contributed by atoms with Crippen LogP contribution in [0.25, 0.3) is 0 Å². The van der Waals surface area contributed by atoms with Gasteiger partial charge in [0.1, 0.15) is 6.04 Å². The summed E-state index contributed by atoms with van der Waals surface area (Å²) < 4.78 is -0.865. The number of aliphatic hydroxyl groups is 1. The molecule has 7 atom stereocenters. The van der Waals surface area contributed by atoms with Crippen molar-refractivity contribution >= 4 is 62.7 Å². The fraction of sp³-hybridized carbons (Fsp3) is 0.387. The molecule has 1 N–H and O–H groups in total. The van der Waals surface area contributed by atoms with E-state index in [4.69, 9.17) is 11.6 Å². The van der Waals surface area contributed by atoms with E-state index in [0.29, 0.717) is 23.7 Å². The minimum absolute atomic E-state index is 0.0643. The lowest BCUT2D eigenvalue weighted by atomic mass is 9.70. The Morgan fingerprint density at radius 2 is 1.80 bits per heavy atom. The zero-order chi connectivity index (χ0) is 29.5. The van der Waals surface area contributed by atoms with Crippen LogP contribution < -0.4 is 4.90 Å². The summed E-state index contributed by atoms with van der Waals surface area (Å²) in [6, 6.07) is 14.5. The van der Waals surface area contributed by atoms with Crippen molar-refractivity contribution in [2.75, 3.05) is 31.6 Å². The first-order valence-electron chi connectivity index (χ1n) is 13.5. The number of benzene rings is 2. The lowest BCUT2D eigenvalue weighted by molar-refractivity contribution is -0.144. The van der Waals surface area contributed by atoms with E-state index in [9.17, 15) is 19.5 Å². The van der Waals surface area contributed by atoms with Crippen LogP contribution in [-0.4, -0.2) is 80.2 Å². The van der Waals surface area contributed by atoms with Gasteiger partial charge in [-0.05, 0) is 36.2 Å². The Kier molecular flexibility index (Phi) is 8.71. The quantitative estimate of drug-likeness (QED) is 0.296. The third-order valence-electron chi connectivity index (χ3n) is 8.43. The molecule has 1 spiro atoms. The Balaban J connectivity index is 1.66. The number of hydrogen-bond donors (Lipinski definition) is 1. The second-order valence-corrected chi connectivity index (χ2v) is 13.9. The summed E-state index contributed by atoms with van der Waals surface area (Å²) in [6.07, 6.45) is 3.84. The van der Waals surface area contributed by atoms with Crippen molar-refractivity contribution in [3.63, 3.8) is 0 Å². The third kappa shape index (κ3) is 4.94. The number of fused-ring (bicyclic) bond motifs is 1. The SMILES string of the molecule is C=CCN(C)C(=O)[C@H]1[C@H]2C(=O)N([C@H](CO)c3ccccc3)C(C(=O)N(CC=C)c3ccc(Cl)cc3)C23CC(Br)[C@@H]1S3. The normalized spacial score (nSPS) is 28.7. The van der Waals surface area contributed by atoms with E-state index in [-0.39, 0.29) is 41.0 Å². The molecule has 7 nitrogen and oxygen atoms in total. The number of rotatable bonds is 10. The highest BCUT2D eigenvalue weighted by Gasteiger charge is 2.76. The Morgan fingerprint density at radius 3 is 2.41 bits per heavy atom. The average molecular weight is 659 g/mol. The topological polar surface area (TPSA) is 81.2 Å². The third-order valence-corrected chi connectivity index (χ3v) is 11.9. The molecule has 0 saturated carbocycles. The zero-order valence-corrected chi connectivity index (χ0v) is 25.9. The molecule has 3 unspecified atom stereocenters. The smallest absolute Gasteiger partial charge is 0.251 e. The fourth-order valence-electron chi connectivity index (χ4n) is 6.75. The predicted molar refractivity (Wildman–Crippen MR) is 167 cm³/mol. The van der Waals surface area contributed by atoms with Gasteiger partial charge in [-0.3, -0.25) is 14.4 Å². The van der Waals surface area contributed by atoms with Gasteiger partial charge in [-0.2, -0.15) is 0 Å². The number of thioether (sulfide) groups is 1. The number of amides is 3. The van der Waals surface area contributed by atoms with Gasteiger partial charge in [0.2, 0.25) is 11.8 Å². The van der Waals surface area contributed by atoms with Crippen molar-refractivity contribution in [1.29, 1.82) is 0 Å². The van der Waals surface area contributed by atoms with Gasteiger partial charge in [0.15, 0.2) is 0 Å². The van der Waals surface area contributed by atoms with Gasteiger partial charge >= 0.3 is 0 Å². The minimum Gasteiger partial charge on any atom is -0.394 e. The summed E-state index contributed by atoms with van der Waals surface area (Å²) in [5.74, 6) is -2.03. The van der Waals surface area contributed by atoms with Crippen LogP contribution in [0.2, 0.25) is 5.02 Å². The Labute approximate surface area is 258 Å². The van der Waals surface area contributed by atoms with Crippen molar-refractivity contribution in [1.82, 2.24) is 9.80 Å². The van der Waals surface area contributed by atoms with Crippen LogP contribution in [0, 0.1) is 11.8 Å². The average Bonchev–Trinajstić information content (AvgIpc) is 3.56. The zero-order valence-electron chi connectivity index (χ0n) is 22.7. The van der Waals surface area contributed by atoms with E-state index in [1.165, 1.54) is 0 Å². The highest BCUT2D eigenvalue weighted by atomic mass is 79.9. The van der Waals surface area contributed by atoms with Crippen LogP contribution in [0.5, 0.6) is 0 Å². The number of hydrogen-bond acceptors (Lipinski definition) is 5. The summed E-state index contributed by atoms with van der Waals surface area (Å²) >= 11 is 11.5. The van der Waals surface area contributed by atoms with Crippen LogP contribution in [0.15, 0.2) is 79.9 Å². The van der Waals surface area contributed by atoms with Gasteiger partial charge in [0.25, 0.3) is 5.91 Å². The molecule has 3 aliphatic heterocycles. The maximum atomic E-state index is 14.8. The summed E-state index contributed by atoms with van der Waals surface area (Å²) in [7, 11) is 1.71. The van der Waals surface area contributed by atoms with Gasteiger partial charge in [0.05, 0.1) is 29.2 Å². The number of anilines is 1. The molecule has 0 radical (unpaired) electrons. The maximum absolute atomic E-state index is 14.8. The molecule has 3 amide bonds. The summed E-state index contributed by atoms with van der Waals surface area (Å²) in [6.45, 7) is 7.83. The molecule has 5 rings (SSSR count). The first-order valence-corrected chi connectivity index (χ1v) is 15.7. The van der Waals surface area contributed by atoms with Crippen molar-refractivity contribution in [3.05, 3.63) is 90.5 Å². The molecule has 0 aliphatic carbocycles. The van der Waals surface area contributed by atoms with Gasteiger partial charge in [-0.25, -0.2) is 0 Å². The molecule has 2 bridgehead atoms. The van der Waals surface area contributed by atoms with E-state index in [1.807, 2.05) is 30.3 Å². The minimum atomic E-state index is -0.925. The lowest BCUT2D eigenvalue weighted by Crippen LogP contribution is -2.56. The molecular formula is C31H33BrClN3O4S. The van der Waals surface area contributed by atoms with Gasteiger partial charge in [-0.1, -0.05) is 70.0 Å². The van der Waals surface area contributed by atoms with E-state index in [2.05, 4.69) is 29.1 Å². The standard InChI is InChI=1S/C31H33BrClN3O4S/c1-4-15-34(3)28(38)24-25-29(39)36(23(18-37)19-9-7-6-8-10-19)27(31(25)17-22(32)26(24)41-31)30(40)35(16-5-2)21-13-11-20(33)12-14-21/h4-14,22-27,37H,1-2,15-18H2,3H3/t22?,23-,24+,25+,26+,27?,31?/m1/s1. The van der Waals surface area contributed by atoms with E-state index in [1.54, 1.807) is 69.9 Å². The van der Waals surface area contributed by atoms with Gasteiger partial charge in [0, 0.05) is 40.9 Å². The van der Waals surface area contributed by atoms with E-state index >= 15 is 0 Å². The molecule has 216 valence electrons. The molecule has 0 aromatic heterocycles. The number of carbonyl (C=O) groups excluding carboxylic acids is 3. The van der Waals surface area contributed by atoms with E-state index in [0.717, 1.165) is 5.56 Å². The van der Waals surface area contributed by atoms with Crippen LogP contribution >= 0.6 is 39.3 Å². The number of nitrogens with zero attached hydrogens (tertiary/aromatic N) is 3. The van der Waals surface area contributed by atoms with Gasteiger partial charge < -0.3 is 19.8 Å². The number of likely N-dealkylation sites (N-methyl/N-ethyl adjacent to an activating group) is 1. The van der Waals surface area contributed by atoms with Crippen molar-refractivity contribution < 1.29 is 19.5 Å². The summed E-state index contributed by atoms with van der Waals surface area (Å²) in [4.78, 5) is 48.0. The molecule has 41 heavy (non-hydrogen) atoms. The largest absolute Gasteiger partial charge is 0.394 e. The number of aliphatic hydroxyl groups excluding tert-OH is 1. The maximum Gasteiger partial charge on any atom is 0.251 e. The molecule has 3 aliphatic rings. The highest BCUT2D eigenvalue weighted by Crippen LogP contribution is 2.68. The monoisotopic (exact) mass is 657 g/mol. The molecule has 3 fully saturated rings. The van der Waals surface area contributed by atoms with Crippen LogP contribution in [0.1, 0.15) is 18.0 Å². The second kappa shape index (κ2) is 12.0. The molecular weight excluding hydrogens is 626 g/mol. The number of alkyl halides is 1. The predicted octanol–water partition coefficient (Wildman–Crippen LogP) is 4.70.